The number of para-hydroxylation sites is 1. The second-order valence-corrected chi connectivity index (χ2v) is 8.75. The van der Waals surface area contributed by atoms with Gasteiger partial charge in [0.25, 0.3) is 0 Å². The molecule has 2 atom stereocenters. The molecule has 0 radical (unpaired) electrons. The van der Waals surface area contributed by atoms with Gasteiger partial charge in [0.1, 0.15) is 17.7 Å². The van der Waals surface area contributed by atoms with E-state index in [0.717, 1.165) is 5.56 Å². The average molecular weight is 484 g/mol. The quantitative estimate of drug-likeness (QED) is 0.332. The molecule has 35 heavy (non-hydrogen) atoms. The Labute approximate surface area is 203 Å². The maximum atomic E-state index is 12.5. The summed E-state index contributed by atoms with van der Waals surface area (Å²) in [5.41, 5.74) is 1.12. The highest BCUT2D eigenvalue weighted by molar-refractivity contribution is 6.40. The molecule has 0 spiro atoms. The number of carbonyl (C=O) groups excluding carboxylic acids is 4. The van der Waals surface area contributed by atoms with Gasteiger partial charge < -0.3 is 25.8 Å². The van der Waals surface area contributed by atoms with Crippen LogP contribution < -0.4 is 16.0 Å². The minimum atomic E-state index is -1.57. The van der Waals surface area contributed by atoms with E-state index in [1.807, 2.05) is 30.3 Å². The largest absolute Gasteiger partial charge is 0.480 e. The SMILES string of the molecule is C[C@H](NC(=O)C(=O)Nc1ccccc1-c1ccccc1)C(=O)N[C@@H](CC(=O)OC(C)(C)C)C(=O)O. The Morgan fingerprint density at radius 3 is 2.09 bits per heavy atom. The average Bonchev–Trinajstić information content (AvgIpc) is 2.78. The molecule has 2 aromatic carbocycles. The highest BCUT2D eigenvalue weighted by atomic mass is 16.6. The monoisotopic (exact) mass is 483 g/mol. The van der Waals surface area contributed by atoms with Crippen molar-refractivity contribution in [2.45, 2.75) is 51.8 Å². The summed E-state index contributed by atoms with van der Waals surface area (Å²) >= 11 is 0. The molecule has 0 aliphatic heterocycles. The van der Waals surface area contributed by atoms with Crippen LogP contribution in [0.15, 0.2) is 54.6 Å². The Morgan fingerprint density at radius 1 is 0.886 bits per heavy atom. The van der Waals surface area contributed by atoms with Crippen LogP contribution in [0.5, 0.6) is 0 Å². The van der Waals surface area contributed by atoms with Crippen LogP contribution in [0.3, 0.4) is 0 Å². The van der Waals surface area contributed by atoms with Crippen molar-refractivity contribution in [2.24, 2.45) is 0 Å². The Balaban J connectivity index is 1.99. The van der Waals surface area contributed by atoms with Crippen LogP contribution >= 0.6 is 0 Å². The first-order chi connectivity index (χ1) is 16.4. The van der Waals surface area contributed by atoms with Crippen molar-refractivity contribution in [1.82, 2.24) is 10.6 Å². The number of anilines is 1. The molecule has 0 saturated heterocycles. The number of amides is 3. The Hall–Kier alpha value is -4.21. The first-order valence-electron chi connectivity index (χ1n) is 10.9. The van der Waals surface area contributed by atoms with Crippen LogP contribution in [-0.2, 0) is 28.7 Å². The molecular formula is C25H29N3O7. The molecule has 10 nitrogen and oxygen atoms in total. The molecule has 4 N–H and O–H groups in total. The number of benzene rings is 2. The molecule has 2 aromatic rings. The summed E-state index contributed by atoms with van der Waals surface area (Å²) in [5.74, 6) is -5.23. The molecule has 2 rings (SSSR count). The van der Waals surface area contributed by atoms with E-state index in [1.165, 1.54) is 6.92 Å². The van der Waals surface area contributed by atoms with Gasteiger partial charge in [0.2, 0.25) is 5.91 Å². The zero-order chi connectivity index (χ0) is 26.2. The number of carboxylic acid groups (broad SMARTS) is 1. The smallest absolute Gasteiger partial charge is 0.326 e. The molecule has 0 unspecified atom stereocenters. The van der Waals surface area contributed by atoms with Gasteiger partial charge in [-0.05, 0) is 39.3 Å². The van der Waals surface area contributed by atoms with E-state index in [-0.39, 0.29) is 0 Å². The fraction of sp³-hybridized carbons (Fsp3) is 0.320. The third kappa shape index (κ3) is 8.58. The topological polar surface area (TPSA) is 151 Å². The van der Waals surface area contributed by atoms with Crippen molar-refractivity contribution >= 4 is 35.3 Å². The Bertz CT molecular complexity index is 1090. The minimum absolute atomic E-state index is 0.402. The van der Waals surface area contributed by atoms with Crippen LogP contribution in [0.25, 0.3) is 11.1 Å². The maximum Gasteiger partial charge on any atom is 0.326 e. The summed E-state index contributed by atoms with van der Waals surface area (Å²) in [6.45, 7) is 6.16. The fourth-order valence-corrected chi connectivity index (χ4v) is 3.02. The third-order valence-corrected chi connectivity index (χ3v) is 4.61. The number of carbonyl (C=O) groups is 5. The van der Waals surface area contributed by atoms with Gasteiger partial charge in [-0.2, -0.15) is 0 Å². The minimum Gasteiger partial charge on any atom is -0.480 e. The lowest BCUT2D eigenvalue weighted by Crippen LogP contribution is -2.52. The zero-order valence-corrected chi connectivity index (χ0v) is 20.0. The van der Waals surface area contributed by atoms with E-state index in [9.17, 15) is 29.1 Å². The highest BCUT2D eigenvalue weighted by Crippen LogP contribution is 2.27. The number of hydrogen-bond donors (Lipinski definition) is 4. The van der Waals surface area contributed by atoms with E-state index in [1.54, 1.807) is 45.0 Å². The summed E-state index contributed by atoms with van der Waals surface area (Å²) in [4.78, 5) is 60.6. The molecule has 0 fully saturated rings. The predicted molar refractivity (Wildman–Crippen MR) is 128 cm³/mol. The third-order valence-electron chi connectivity index (χ3n) is 4.61. The standard InChI is InChI=1S/C25H29N3O7/c1-15(21(30)28-19(24(33)34)14-20(29)35-25(2,3)4)26-22(31)23(32)27-18-13-9-8-12-17(18)16-10-6-5-7-11-16/h5-13,15,19H,14H2,1-4H3,(H,26,31)(H,27,32)(H,28,30)(H,33,34)/t15-,19-/m0/s1. The Morgan fingerprint density at radius 2 is 1.49 bits per heavy atom. The first kappa shape index (κ1) is 27.0. The molecule has 186 valence electrons. The van der Waals surface area contributed by atoms with E-state index in [4.69, 9.17) is 4.74 Å². The van der Waals surface area contributed by atoms with Crippen LogP contribution in [0, 0.1) is 0 Å². The molecule has 0 saturated carbocycles. The molecule has 3 amide bonds. The van der Waals surface area contributed by atoms with Gasteiger partial charge in [0.05, 0.1) is 6.42 Å². The number of rotatable bonds is 8. The summed E-state index contributed by atoms with van der Waals surface area (Å²) in [6, 6.07) is 13.3. The lowest BCUT2D eigenvalue weighted by Gasteiger charge is -2.22. The zero-order valence-electron chi connectivity index (χ0n) is 20.0. The van der Waals surface area contributed by atoms with E-state index in [0.29, 0.717) is 11.3 Å². The van der Waals surface area contributed by atoms with E-state index in [2.05, 4.69) is 16.0 Å². The Kier molecular flexibility index (Phi) is 9.10. The van der Waals surface area contributed by atoms with Crippen molar-refractivity contribution in [3.8, 4) is 11.1 Å². The van der Waals surface area contributed by atoms with E-state index >= 15 is 0 Å². The highest BCUT2D eigenvalue weighted by Gasteiger charge is 2.29. The van der Waals surface area contributed by atoms with Gasteiger partial charge in [0, 0.05) is 11.3 Å². The van der Waals surface area contributed by atoms with Crippen molar-refractivity contribution in [3.05, 3.63) is 54.6 Å². The number of esters is 1. The molecule has 0 aromatic heterocycles. The molecule has 0 heterocycles. The van der Waals surface area contributed by atoms with Gasteiger partial charge in [-0.1, -0.05) is 48.5 Å². The first-order valence-corrected chi connectivity index (χ1v) is 10.9. The summed E-state index contributed by atoms with van der Waals surface area (Å²) in [5, 5.41) is 16.2. The molecule has 0 aliphatic rings. The number of ether oxygens (including phenoxy) is 1. The van der Waals surface area contributed by atoms with Gasteiger partial charge >= 0.3 is 23.8 Å². The van der Waals surface area contributed by atoms with Gasteiger partial charge in [-0.3, -0.25) is 19.2 Å². The molecular weight excluding hydrogens is 454 g/mol. The second-order valence-electron chi connectivity index (χ2n) is 8.75. The lowest BCUT2D eigenvalue weighted by atomic mass is 10.0. The maximum absolute atomic E-state index is 12.5. The summed E-state index contributed by atoms with van der Waals surface area (Å²) < 4.78 is 5.08. The number of nitrogens with one attached hydrogen (secondary N) is 3. The van der Waals surface area contributed by atoms with Crippen LogP contribution in [0.1, 0.15) is 34.1 Å². The van der Waals surface area contributed by atoms with Crippen molar-refractivity contribution in [3.63, 3.8) is 0 Å². The molecule has 0 aliphatic carbocycles. The normalized spacial score (nSPS) is 12.6. The van der Waals surface area contributed by atoms with Gasteiger partial charge in [-0.25, -0.2) is 4.79 Å². The van der Waals surface area contributed by atoms with Crippen LogP contribution in [-0.4, -0.2) is 52.5 Å². The molecule has 0 bridgehead atoms. The van der Waals surface area contributed by atoms with E-state index < -0.39 is 53.8 Å². The second kappa shape index (κ2) is 11.8. The summed E-state index contributed by atoms with van der Waals surface area (Å²) in [7, 11) is 0. The fourth-order valence-electron chi connectivity index (χ4n) is 3.02. The van der Waals surface area contributed by atoms with Crippen LogP contribution in [0.4, 0.5) is 5.69 Å². The van der Waals surface area contributed by atoms with Crippen LogP contribution in [0.2, 0.25) is 0 Å². The summed E-state index contributed by atoms with van der Waals surface area (Å²) in [6.07, 6.45) is -0.601. The van der Waals surface area contributed by atoms with Gasteiger partial charge in [-0.15, -0.1) is 0 Å². The van der Waals surface area contributed by atoms with Crippen molar-refractivity contribution < 1.29 is 33.8 Å². The number of hydrogen-bond acceptors (Lipinski definition) is 6. The number of carboxylic acids is 1. The lowest BCUT2D eigenvalue weighted by molar-refractivity contribution is -0.158. The van der Waals surface area contributed by atoms with Crippen molar-refractivity contribution in [1.29, 1.82) is 0 Å². The molecule has 10 heteroatoms. The van der Waals surface area contributed by atoms with Crippen molar-refractivity contribution in [2.75, 3.05) is 5.32 Å². The predicted octanol–water partition coefficient (Wildman–Crippen LogP) is 2.10. The number of aliphatic carboxylic acids is 1. The van der Waals surface area contributed by atoms with Gasteiger partial charge in [0.15, 0.2) is 0 Å².